The van der Waals surface area contributed by atoms with Gasteiger partial charge in [-0.3, -0.25) is 14.8 Å². The number of nitrogens with zero attached hydrogens (tertiary/aromatic N) is 4. The summed E-state index contributed by atoms with van der Waals surface area (Å²) in [6, 6.07) is 3.49. The second-order valence-corrected chi connectivity index (χ2v) is 7.34. The van der Waals surface area contributed by atoms with Crippen LogP contribution in [0.3, 0.4) is 0 Å². The van der Waals surface area contributed by atoms with Crippen LogP contribution in [0.25, 0.3) is 0 Å². The zero-order chi connectivity index (χ0) is 19.1. The minimum Gasteiger partial charge on any atom is -0.377 e. The SMILES string of the molecule is CN(Cc1cnccn1)C(=O)C[C@@H]1COCCN1C(=O)NCc1cccs1. The Morgan fingerprint density at radius 3 is 3.07 bits per heavy atom. The van der Waals surface area contributed by atoms with Gasteiger partial charge in [0.2, 0.25) is 5.91 Å². The van der Waals surface area contributed by atoms with Gasteiger partial charge in [-0.05, 0) is 11.4 Å². The summed E-state index contributed by atoms with van der Waals surface area (Å²) in [4.78, 5) is 37.7. The molecule has 1 saturated heterocycles. The van der Waals surface area contributed by atoms with Crippen molar-refractivity contribution < 1.29 is 14.3 Å². The number of hydrogen-bond acceptors (Lipinski definition) is 6. The van der Waals surface area contributed by atoms with Gasteiger partial charge in [0.1, 0.15) is 0 Å². The summed E-state index contributed by atoms with van der Waals surface area (Å²) in [5, 5.41) is 4.90. The molecule has 3 amide bonds. The van der Waals surface area contributed by atoms with Crippen molar-refractivity contribution in [1.82, 2.24) is 25.1 Å². The number of thiophene rings is 1. The Kier molecular flexibility index (Phi) is 6.72. The van der Waals surface area contributed by atoms with E-state index in [1.165, 1.54) is 0 Å². The van der Waals surface area contributed by atoms with Crippen molar-refractivity contribution in [2.45, 2.75) is 25.6 Å². The van der Waals surface area contributed by atoms with Gasteiger partial charge in [0.05, 0.1) is 44.2 Å². The Balaban J connectivity index is 1.54. The Morgan fingerprint density at radius 1 is 1.44 bits per heavy atom. The number of nitrogens with one attached hydrogen (secondary N) is 1. The molecule has 1 aliphatic heterocycles. The molecule has 1 fully saturated rings. The van der Waals surface area contributed by atoms with Crippen LogP contribution in [0, 0.1) is 0 Å². The van der Waals surface area contributed by atoms with E-state index in [1.54, 1.807) is 46.8 Å². The van der Waals surface area contributed by atoms with E-state index >= 15 is 0 Å². The molecular weight excluding hydrogens is 366 g/mol. The lowest BCUT2D eigenvalue weighted by Crippen LogP contribution is -2.53. The summed E-state index contributed by atoms with van der Waals surface area (Å²) in [7, 11) is 1.72. The molecule has 0 aliphatic carbocycles. The zero-order valence-corrected chi connectivity index (χ0v) is 16.0. The van der Waals surface area contributed by atoms with Gasteiger partial charge in [-0.15, -0.1) is 11.3 Å². The van der Waals surface area contributed by atoms with Crippen LogP contribution in [0.1, 0.15) is 17.0 Å². The van der Waals surface area contributed by atoms with Gasteiger partial charge in [-0.2, -0.15) is 0 Å². The Hall–Kier alpha value is -2.52. The third-order valence-electron chi connectivity index (χ3n) is 4.33. The van der Waals surface area contributed by atoms with Gasteiger partial charge in [0.25, 0.3) is 0 Å². The van der Waals surface area contributed by atoms with E-state index in [0.29, 0.717) is 32.8 Å². The lowest BCUT2D eigenvalue weighted by atomic mass is 10.1. The summed E-state index contributed by atoms with van der Waals surface area (Å²) in [6.45, 7) is 2.18. The van der Waals surface area contributed by atoms with E-state index in [1.807, 2.05) is 17.5 Å². The van der Waals surface area contributed by atoms with Crippen LogP contribution in [0.4, 0.5) is 4.79 Å². The number of aromatic nitrogens is 2. The molecule has 0 unspecified atom stereocenters. The molecule has 0 aromatic carbocycles. The molecule has 27 heavy (non-hydrogen) atoms. The predicted octanol–water partition coefficient (Wildman–Crippen LogP) is 1.50. The van der Waals surface area contributed by atoms with Gasteiger partial charge in [0, 0.05) is 37.3 Å². The molecule has 9 heteroatoms. The Labute approximate surface area is 162 Å². The van der Waals surface area contributed by atoms with Crippen LogP contribution in [-0.2, 0) is 22.6 Å². The molecule has 0 bridgehead atoms. The number of carbonyl (C=O) groups is 2. The number of rotatable bonds is 6. The number of amides is 3. The predicted molar refractivity (Wildman–Crippen MR) is 101 cm³/mol. The second-order valence-electron chi connectivity index (χ2n) is 6.31. The molecule has 2 aromatic rings. The van der Waals surface area contributed by atoms with Crippen molar-refractivity contribution in [3.63, 3.8) is 0 Å². The summed E-state index contributed by atoms with van der Waals surface area (Å²) < 4.78 is 5.50. The highest BCUT2D eigenvalue weighted by atomic mass is 32.1. The van der Waals surface area contributed by atoms with Crippen LogP contribution in [0.15, 0.2) is 36.1 Å². The molecular formula is C18H23N5O3S. The van der Waals surface area contributed by atoms with Crippen LogP contribution in [-0.4, -0.2) is 64.6 Å². The van der Waals surface area contributed by atoms with Crippen LogP contribution >= 0.6 is 11.3 Å². The highest BCUT2D eigenvalue weighted by Gasteiger charge is 2.30. The van der Waals surface area contributed by atoms with Crippen molar-refractivity contribution >= 4 is 23.3 Å². The summed E-state index contributed by atoms with van der Waals surface area (Å²) in [5.74, 6) is -0.0628. The highest BCUT2D eigenvalue weighted by Crippen LogP contribution is 2.14. The molecule has 1 aliphatic rings. The maximum Gasteiger partial charge on any atom is 0.318 e. The fourth-order valence-electron chi connectivity index (χ4n) is 2.87. The number of hydrogen-bond donors (Lipinski definition) is 1. The first-order valence-electron chi connectivity index (χ1n) is 8.77. The minimum absolute atomic E-state index is 0.0628. The van der Waals surface area contributed by atoms with Gasteiger partial charge < -0.3 is 19.9 Å². The average Bonchev–Trinajstić information content (AvgIpc) is 3.21. The second kappa shape index (κ2) is 9.43. The topological polar surface area (TPSA) is 87.7 Å². The molecule has 2 aromatic heterocycles. The number of ether oxygens (including phenoxy) is 1. The van der Waals surface area contributed by atoms with Gasteiger partial charge in [-0.1, -0.05) is 6.07 Å². The molecule has 1 N–H and O–H groups in total. The van der Waals surface area contributed by atoms with E-state index < -0.39 is 0 Å². The van der Waals surface area contributed by atoms with E-state index in [4.69, 9.17) is 4.74 Å². The molecule has 1 atom stereocenters. The smallest absolute Gasteiger partial charge is 0.318 e. The maximum atomic E-state index is 12.6. The number of carbonyl (C=O) groups excluding carboxylic acids is 2. The van der Waals surface area contributed by atoms with E-state index in [-0.39, 0.29) is 24.4 Å². The Bertz CT molecular complexity index is 741. The zero-order valence-electron chi connectivity index (χ0n) is 15.2. The third-order valence-corrected chi connectivity index (χ3v) is 5.21. The van der Waals surface area contributed by atoms with Crippen molar-refractivity contribution in [2.24, 2.45) is 0 Å². The fourth-order valence-corrected chi connectivity index (χ4v) is 3.51. The highest BCUT2D eigenvalue weighted by molar-refractivity contribution is 7.09. The first kappa shape index (κ1) is 19.2. The summed E-state index contributed by atoms with van der Waals surface area (Å²) in [5.41, 5.74) is 0.721. The molecule has 0 saturated carbocycles. The first-order chi connectivity index (χ1) is 13.1. The average molecular weight is 389 g/mol. The number of morpholine rings is 1. The molecule has 0 spiro atoms. The van der Waals surface area contributed by atoms with Crippen LogP contribution in [0.5, 0.6) is 0 Å². The van der Waals surface area contributed by atoms with Crippen molar-refractivity contribution in [3.8, 4) is 0 Å². The van der Waals surface area contributed by atoms with Crippen LogP contribution in [0.2, 0.25) is 0 Å². The quantitative estimate of drug-likeness (QED) is 0.809. The molecule has 144 valence electrons. The number of urea groups is 1. The lowest BCUT2D eigenvalue weighted by molar-refractivity contribution is -0.132. The van der Waals surface area contributed by atoms with Crippen molar-refractivity contribution in [2.75, 3.05) is 26.8 Å². The summed E-state index contributed by atoms with van der Waals surface area (Å²) >= 11 is 1.60. The maximum absolute atomic E-state index is 12.6. The molecule has 3 rings (SSSR count). The standard InChI is InChI=1S/C18H23N5O3S/c1-22(12-14-10-19-4-5-20-14)17(24)9-15-13-26-7-6-23(15)18(25)21-11-16-3-2-8-27-16/h2-5,8,10,15H,6-7,9,11-13H2,1H3,(H,21,25)/t15-/m1/s1. The largest absolute Gasteiger partial charge is 0.377 e. The van der Waals surface area contributed by atoms with E-state index in [2.05, 4.69) is 15.3 Å². The van der Waals surface area contributed by atoms with E-state index in [9.17, 15) is 9.59 Å². The summed E-state index contributed by atoms with van der Waals surface area (Å²) in [6.07, 6.45) is 5.04. The van der Waals surface area contributed by atoms with Crippen molar-refractivity contribution in [3.05, 3.63) is 46.7 Å². The molecule has 8 nitrogen and oxygen atoms in total. The monoisotopic (exact) mass is 389 g/mol. The third kappa shape index (κ3) is 5.48. The minimum atomic E-state index is -0.279. The molecule has 0 radical (unpaired) electrons. The lowest BCUT2D eigenvalue weighted by Gasteiger charge is -2.36. The normalized spacial score (nSPS) is 16.8. The van der Waals surface area contributed by atoms with Gasteiger partial charge in [-0.25, -0.2) is 4.79 Å². The van der Waals surface area contributed by atoms with Gasteiger partial charge in [0.15, 0.2) is 0 Å². The van der Waals surface area contributed by atoms with Crippen LogP contribution < -0.4 is 5.32 Å². The molecule has 3 heterocycles. The van der Waals surface area contributed by atoms with Crippen molar-refractivity contribution in [1.29, 1.82) is 0 Å². The fraction of sp³-hybridized carbons (Fsp3) is 0.444. The van der Waals surface area contributed by atoms with E-state index in [0.717, 1.165) is 10.6 Å². The van der Waals surface area contributed by atoms with Gasteiger partial charge >= 0.3 is 6.03 Å². The first-order valence-corrected chi connectivity index (χ1v) is 9.65. The Morgan fingerprint density at radius 2 is 2.33 bits per heavy atom.